The summed E-state index contributed by atoms with van der Waals surface area (Å²) in [5.41, 5.74) is 0.294. The van der Waals surface area contributed by atoms with Crippen molar-refractivity contribution in [3.05, 3.63) is 51.8 Å². The SMILES string of the molecule is CC1(C(=O)NCc2ccccc2)CCCN(S(=O)(=O)c2ccc(Br)s2)C1. The summed E-state index contributed by atoms with van der Waals surface area (Å²) in [5, 5.41) is 2.96. The minimum atomic E-state index is -3.57. The van der Waals surface area contributed by atoms with Crippen molar-refractivity contribution < 1.29 is 13.2 Å². The van der Waals surface area contributed by atoms with Gasteiger partial charge in [0.05, 0.1) is 9.20 Å². The lowest BCUT2D eigenvalue weighted by Crippen LogP contribution is -2.51. The summed E-state index contributed by atoms with van der Waals surface area (Å²) in [6.45, 7) is 2.93. The van der Waals surface area contributed by atoms with Crippen molar-refractivity contribution in [2.75, 3.05) is 13.1 Å². The van der Waals surface area contributed by atoms with E-state index < -0.39 is 15.4 Å². The zero-order chi connectivity index (χ0) is 18.8. The molecule has 0 saturated carbocycles. The largest absolute Gasteiger partial charge is 0.352 e. The predicted octanol–water partition coefficient (Wildman–Crippen LogP) is 3.62. The number of amides is 1. The van der Waals surface area contributed by atoms with Gasteiger partial charge in [-0.1, -0.05) is 30.3 Å². The molecule has 140 valence electrons. The molecule has 2 heterocycles. The van der Waals surface area contributed by atoms with Gasteiger partial charge >= 0.3 is 0 Å². The fraction of sp³-hybridized carbons (Fsp3) is 0.389. The molecule has 0 aliphatic carbocycles. The van der Waals surface area contributed by atoms with Crippen molar-refractivity contribution >= 4 is 43.2 Å². The number of nitrogens with one attached hydrogen (secondary N) is 1. The van der Waals surface area contributed by atoms with Crippen molar-refractivity contribution in [2.24, 2.45) is 5.41 Å². The van der Waals surface area contributed by atoms with Gasteiger partial charge in [0.1, 0.15) is 4.21 Å². The number of nitrogens with zero attached hydrogens (tertiary/aromatic N) is 1. The van der Waals surface area contributed by atoms with E-state index in [9.17, 15) is 13.2 Å². The first-order valence-electron chi connectivity index (χ1n) is 8.39. The molecule has 1 saturated heterocycles. The van der Waals surface area contributed by atoms with Crippen LogP contribution in [0.25, 0.3) is 0 Å². The zero-order valence-corrected chi connectivity index (χ0v) is 17.7. The molecule has 1 amide bonds. The van der Waals surface area contributed by atoms with Gasteiger partial charge in [0.2, 0.25) is 5.91 Å². The average Bonchev–Trinajstić information content (AvgIpc) is 3.08. The highest BCUT2D eigenvalue weighted by Gasteiger charge is 2.42. The van der Waals surface area contributed by atoms with Crippen LogP contribution < -0.4 is 5.32 Å². The van der Waals surface area contributed by atoms with Crippen LogP contribution in [0.2, 0.25) is 0 Å². The molecular weight excluding hydrogens is 436 g/mol. The molecule has 0 radical (unpaired) electrons. The molecule has 1 unspecified atom stereocenters. The Labute approximate surface area is 166 Å². The molecule has 5 nitrogen and oxygen atoms in total. The number of halogens is 1. The summed E-state index contributed by atoms with van der Waals surface area (Å²) < 4.78 is 28.3. The lowest BCUT2D eigenvalue weighted by Gasteiger charge is -2.38. The van der Waals surface area contributed by atoms with E-state index in [0.717, 1.165) is 9.35 Å². The molecule has 8 heteroatoms. The molecule has 0 bridgehead atoms. The molecule has 1 aliphatic rings. The van der Waals surface area contributed by atoms with E-state index in [2.05, 4.69) is 21.2 Å². The van der Waals surface area contributed by atoms with Crippen LogP contribution in [0, 0.1) is 5.41 Å². The maximum Gasteiger partial charge on any atom is 0.252 e. The highest BCUT2D eigenvalue weighted by atomic mass is 79.9. The van der Waals surface area contributed by atoms with Crippen molar-refractivity contribution in [3.8, 4) is 0 Å². The minimum absolute atomic E-state index is 0.103. The third-order valence-corrected chi connectivity index (χ3v) is 8.58. The maximum atomic E-state index is 12.9. The quantitative estimate of drug-likeness (QED) is 0.746. The Morgan fingerprint density at radius 1 is 1.27 bits per heavy atom. The Hall–Kier alpha value is -1.22. The number of thiophene rings is 1. The standard InChI is InChI=1S/C18H21BrN2O3S2/c1-18(17(22)20-12-14-6-3-2-4-7-14)10-5-11-21(13-18)26(23,24)16-9-8-15(19)25-16/h2-4,6-9H,5,10-13H2,1H3,(H,20,22). The highest BCUT2D eigenvalue weighted by molar-refractivity contribution is 9.11. The molecule has 2 aromatic rings. The van der Waals surface area contributed by atoms with Crippen LogP contribution in [0.4, 0.5) is 0 Å². The van der Waals surface area contributed by atoms with Crippen LogP contribution >= 0.6 is 27.3 Å². The first-order chi connectivity index (χ1) is 12.3. The van der Waals surface area contributed by atoms with E-state index in [1.54, 1.807) is 12.1 Å². The Balaban J connectivity index is 1.71. The van der Waals surface area contributed by atoms with Gasteiger partial charge < -0.3 is 5.32 Å². The van der Waals surface area contributed by atoms with Gasteiger partial charge in [-0.15, -0.1) is 11.3 Å². The first kappa shape index (κ1) is 19.5. The fourth-order valence-corrected chi connectivity index (χ4v) is 6.91. The van der Waals surface area contributed by atoms with Gasteiger partial charge in [0, 0.05) is 19.6 Å². The molecule has 26 heavy (non-hydrogen) atoms. The van der Waals surface area contributed by atoms with Gasteiger partial charge in [0.15, 0.2) is 0 Å². The number of carbonyl (C=O) groups excluding carboxylic acids is 1. The smallest absolute Gasteiger partial charge is 0.252 e. The topological polar surface area (TPSA) is 66.5 Å². The third-order valence-electron chi connectivity index (χ3n) is 4.65. The second-order valence-electron chi connectivity index (χ2n) is 6.73. The van der Waals surface area contributed by atoms with Gasteiger partial charge in [-0.05, 0) is 53.4 Å². The van der Waals surface area contributed by atoms with Gasteiger partial charge in [0.25, 0.3) is 10.0 Å². The van der Waals surface area contributed by atoms with Crippen molar-refractivity contribution in [1.82, 2.24) is 9.62 Å². The molecule has 1 aromatic heterocycles. The molecule has 1 fully saturated rings. The van der Waals surface area contributed by atoms with Crippen molar-refractivity contribution in [3.63, 3.8) is 0 Å². The Bertz CT molecular complexity index is 883. The second kappa shape index (κ2) is 7.80. The molecule has 0 spiro atoms. The Morgan fingerprint density at radius 3 is 2.65 bits per heavy atom. The first-order valence-corrected chi connectivity index (χ1v) is 11.4. The number of hydrogen-bond acceptors (Lipinski definition) is 4. The monoisotopic (exact) mass is 456 g/mol. The lowest BCUT2D eigenvalue weighted by atomic mass is 9.82. The number of rotatable bonds is 5. The molecule has 3 rings (SSSR count). The van der Waals surface area contributed by atoms with E-state index in [0.29, 0.717) is 30.1 Å². The normalized spacial score (nSPS) is 21.5. The number of benzene rings is 1. The van der Waals surface area contributed by atoms with E-state index in [1.807, 2.05) is 37.3 Å². The average molecular weight is 457 g/mol. The van der Waals surface area contributed by atoms with Crippen LogP contribution in [-0.2, 0) is 21.4 Å². The second-order valence-corrected chi connectivity index (χ2v) is 11.4. The molecule has 1 aliphatic heterocycles. The third kappa shape index (κ3) is 4.19. The van der Waals surface area contributed by atoms with Crippen LogP contribution in [0.15, 0.2) is 50.5 Å². The van der Waals surface area contributed by atoms with Gasteiger partial charge in [-0.3, -0.25) is 4.79 Å². The van der Waals surface area contributed by atoms with E-state index in [1.165, 1.54) is 15.6 Å². The number of hydrogen-bond donors (Lipinski definition) is 1. The molecular formula is C18H21BrN2O3S2. The lowest BCUT2D eigenvalue weighted by molar-refractivity contribution is -0.132. The highest BCUT2D eigenvalue weighted by Crippen LogP contribution is 2.35. The van der Waals surface area contributed by atoms with Crippen molar-refractivity contribution in [1.29, 1.82) is 0 Å². The Kier molecular flexibility index (Phi) is 5.86. The molecule has 1 N–H and O–H groups in total. The number of carbonyl (C=O) groups is 1. The van der Waals surface area contributed by atoms with Crippen molar-refractivity contribution in [2.45, 2.75) is 30.5 Å². The maximum absolute atomic E-state index is 12.9. The predicted molar refractivity (Wildman–Crippen MR) is 106 cm³/mol. The van der Waals surface area contributed by atoms with E-state index >= 15 is 0 Å². The summed E-state index contributed by atoms with van der Waals surface area (Å²) in [6, 6.07) is 13.0. The summed E-state index contributed by atoms with van der Waals surface area (Å²) in [4.78, 5) is 12.8. The molecule has 1 aromatic carbocycles. The molecule has 1 atom stereocenters. The van der Waals surface area contributed by atoms with Gasteiger partial charge in [-0.25, -0.2) is 8.42 Å². The van der Waals surface area contributed by atoms with Gasteiger partial charge in [-0.2, -0.15) is 4.31 Å². The fourth-order valence-electron chi connectivity index (χ4n) is 3.14. The number of piperidine rings is 1. The summed E-state index contributed by atoms with van der Waals surface area (Å²) in [7, 11) is -3.57. The summed E-state index contributed by atoms with van der Waals surface area (Å²) in [6.07, 6.45) is 1.34. The zero-order valence-electron chi connectivity index (χ0n) is 14.4. The van der Waals surface area contributed by atoms with Crippen LogP contribution in [-0.4, -0.2) is 31.7 Å². The van der Waals surface area contributed by atoms with E-state index in [4.69, 9.17) is 0 Å². The van der Waals surface area contributed by atoms with E-state index in [-0.39, 0.29) is 12.5 Å². The van der Waals surface area contributed by atoms with Crippen LogP contribution in [0.1, 0.15) is 25.3 Å². The van der Waals surface area contributed by atoms with Crippen LogP contribution in [0.3, 0.4) is 0 Å². The number of sulfonamides is 1. The minimum Gasteiger partial charge on any atom is -0.352 e. The van der Waals surface area contributed by atoms with Crippen LogP contribution in [0.5, 0.6) is 0 Å². The summed E-state index contributed by atoms with van der Waals surface area (Å²) in [5.74, 6) is -0.103. The summed E-state index contributed by atoms with van der Waals surface area (Å²) >= 11 is 4.50. The Morgan fingerprint density at radius 2 is 2.00 bits per heavy atom.